The Morgan fingerprint density at radius 3 is 0.812 bits per heavy atom. The molecule has 2 N–H and O–H groups in total. The molecule has 0 saturated heterocycles. The minimum atomic E-state index is -0.122. The van der Waals surface area contributed by atoms with Crippen molar-refractivity contribution in [1.82, 2.24) is 0 Å². The predicted octanol–water partition coefficient (Wildman–Crippen LogP) is 9.89. The SMILES string of the molecule is CCCCCCCCCCCCCCCCCCCC(O)CCCCC(O)CCCCC. The summed E-state index contributed by atoms with van der Waals surface area (Å²) in [7, 11) is 0. The van der Waals surface area contributed by atoms with E-state index in [2.05, 4.69) is 13.8 Å². The van der Waals surface area contributed by atoms with Gasteiger partial charge in [0.15, 0.2) is 0 Å². The van der Waals surface area contributed by atoms with Gasteiger partial charge >= 0.3 is 0 Å². The molecule has 0 amide bonds. The van der Waals surface area contributed by atoms with Crippen molar-refractivity contribution in [2.45, 2.75) is 193 Å². The maximum absolute atomic E-state index is 10.2. The molecule has 0 rings (SSSR count). The average molecular weight is 455 g/mol. The lowest BCUT2D eigenvalue weighted by atomic mass is 10.0. The first-order valence-corrected chi connectivity index (χ1v) is 15.1. The summed E-state index contributed by atoms with van der Waals surface area (Å²) in [4.78, 5) is 0. The van der Waals surface area contributed by atoms with Gasteiger partial charge in [0.25, 0.3) is 0 Å². The average Bonchev–Trinajstić information content (AvgIpc) is 2.79. The van der Waals surface area contributed by atoms with Crippen LogP contribution in [-0.4, -0.2) is 22.4 Å². The second-order valence-electron chi connectivity index (χ2n) is 10.5. The standard InChI is InChI=1S/C30H62O2/c1-3-5-7-8-9-10-11-12-13-14-15-16-17-18-19-20-22-26-30(32)28-24-23-27-29(31)25-21-6-4-2/h29-32H,3-28H2,1-2H3. The molecule has 32 heavy (non-hydrogen) atoms. The molecule has 0 fully saturated rings. The van der Waals surface area contributed by atoms with Crippen LogP contribution in [0.3, 0.4) is 0 Å². The highest BCUT2D eigenvalue weighted by molar-refractivity contribution is 4.60. The second-order valence-corrected chi connectivity index (χ2v) is 10.5. The third kappa shape index (κ3) is 26.2. The van der Waals surface area contributed by atoms with Crippen molar-refractivity contribution in [1.29, 1.82) is 0 Å². The van der Waals surface area contributed by atoms with E-state index in [1.807, 2.05) is 0 Å². The van der Waals surface area contributed by atoms with Crippen LogP contribution in [0.2, 0.25) is 0 Å². The van der Waals surface area contributed by atoms with Crippen LogP contribution >= 0.6 is 0 Å². The van der Waals surface area contributed by atoms with Gasteiger partial charge in [-0.15, -0.1) is 0 Å². The molecule has 2 unspecified atom stereocenters. The Bertz CT molecular complexity index is 331. The van der Waals surface area contributed by atoms with Gasteiger partial charge in [-0.3, -0.25) is 0 Å². The fraction of sp³-hybridized carbons (Fsp3) is 1.00. The molecule has 0 aromatic heterocycles. The lowest BCUT2D eigenvalue weighted by Crippen LogP contribution is -2.09. The molecule has 0 bridgehead atoms. The summed E-state index contributed by atoms with van der Waals surface area (Å²) in [6.45, 7) is 4.49. The molecule has 194 valence electrons. The Labute approximate surface area is 203 Å². The van der Waals surface area contributed by atoms with Gasteiger partial charge in [0.1, 0.15) is 0 Å². The van der Waals surface area contributed by atoms with Gasteiger partial charge in [-0.05, 0) is 25.7 Å². The van der Waals surface area contributed by atoms with Crippen molar-refractivity contribution in [3.8, 4) is 0 Å². The van der Waals surface area contributed by atoms with Gasteiger partial charge in [0, 0.05) is 0 Å². The van der Waals surface area contributed by atoms with Gasteiger partial charge in [-0.25, -0.2) is 0 Å². The lowest BCUT2D eigenvalue weighted by Gasteiger charge is -2.12. The van der Waals surface area contributed by atoms with Crippen LogP contribution in [0.5, 0.6) is 0 Å². The Morgan fingerprint density at radius 2 is 0.500 bits per heavy atom. The van der Waals surface area contributed by atoms with E-state index in [1.165, 1.54) is 122 Å². The van der Waals surface area contributed by atoms with Gasteiger partial charge < -0.3 is 10.2 Å². The lowest BCUT2D eigenvalue weighted by molar-refractivity contribution is 0.132. The molecular formula is C30H62O2. The third-order valence-corrected chi connectivity index (χ3v) is 7.11. The van der Waals surface area contributed by atoms with Crippen molar-refractivity contribution >= 4 is 0 Å². The van der Waals surface area contributed by atoms with E-state index in [4.69, 9.17) is 0 Å². The van der Waals surface area contributed by atoms with Crippen LogP contribution in [0.1, 0.15) is 181 Å². The largest absolute Gasteiger partial charge is 0.393 e. The van der Waals surface area contributed by atoms with E-state index in [-0.39, 0.29) is 12.2 Å². The summed E-state index contributed by atoms with van der Waals surface area (Å²) >= 11 is 0. The minimum absolute atomic E-state index is 0.121. The number of rotatable bonds is 27. The predicted molar refractivity (Wildman–Crippen MR) is 143 cm³/mol. The first-order chi connectivity index (χ1) is 15.7. The molecule has 0 saturated carbocycles. The fourth-order valence-electron chi connectivity index (χ4n) is 4.78. The maximum atomic E-state index is 10.2. The van der Waals surface area contributed by atoms with Crippen LogP contribution in [0.15, 0.2) is 0 Å². The number of unbranched alkanes of at least 4 members (excludes halogenated alkanes) is 19. The van der Waals surface area contributed by atoms with E-state index < -0.39 is 0 Å². The molecule has 0 heterocycles. The number of aliphatic hydroxyl groups is 2. The molecule has 2 nitrogen and oxygen atoms in total. The first kappa shape index (κ1) is 31.9. The van der Waals surface area contributed by atoms with Crippen LogP contribution in [0.25, 0.3) is 0 Å². The van der Waals surface area contributed by atoms with Crippen LogP contribution in [0.4, 0.5) is 0 Å². The molecule has 0 aromatic carbocycles. The van der Waals surface area contributed by atoms with Crippen molar-refractivity contribution in [2.75, 3.05) is 0 Å². The minimum Gasteiger partial charge on any atom is -0.393 e. The molecular weight excluding hydrogens is 392 g/mol. The normalized spacial score (nSPS) is 13.5. The smallest absolute Gasteiger partial charge is 0.0540 e. The van der Waals surface area contributed by atoms with E-state index in [0.29, 0.717) is 0 Å². The van der Waals surface area contributed by atoms with Crippen LogP contribution in [0, 0.1) is 0 Å². The highest BCUT2D eigenvalue weighted by Crippen LogP contribution is 2.16. The van der Waals surface area contributed by atoms with Gasteiger partial charge in [0.2, 0.25) is 0 Å². The van der Waals surface area contributed by atoms with E-state index in [1.54, 1.807) is 0 Å². The number of hydrogen-bond acceptors (Lipinski definition) is 2. The van der Waals surface area contributed by atoms with Gasteiger partial charge in [-0.1, -0.05) is 155 Å². The summed E-state index contributed by atoms with van der Waals surface area (Å²) in [5.74, 6) is 0. The molecule has 2 atom stereocenters. The Hall–Kier alpha value is -0.0800. The van der Waals surface area contributed by atoms with E-state index in [0.717, 1.165) is 44.9 Å². The Kier molecular flexibility index (Phi) is 27.1. The first-order valence-electron chi connectivity index (χ1n) is 15.1. The summed E-state index contributed by atoms with van der Waals surface area (Å²) in [5, 5.41) is 20.1. The zero-order valence-corrected chi connectivity index (χ0v) is 22.4. The summed E-state index contributed by atoms with van der Waals surface area (Å²) in [5.41, 5.74) is 0. The Balaban J connectivity index is 3.19. The van der Waals surface area contributed by atoms with Crippen molar-refractivity contribution in [3.63, 3.8) is 0 Å². The van der Waals surface area contributed by atoms with E-state index >= 15 is 0 Å². The number of aliphatic hydroxyl groups excluding tert-OH is 2. The van der Waals surface area contributed by atoms with E-state index in [9.17, 15) is 10.2 Å². The summed E-state index contributed by atoms with van der Waals surface area (Å²) < 4.78 is 0. The van der Waals surface area contributed by atoms with Crippen LogP contribution in [-0.2, 0) is 0 Å². The summed E-state index contributed by atoms with van der Waals surface area (Å²) in [6.07, 6.45) is 33.1. The third-order valence-electron chi connectivity index (χ3n) is 7.11. The molecule has 0 aliphatic carbocycles. The van der Waals surface area contributed by atoms with Crippen molar-refractivity contribution in [3.05, 3.63) is 0 Å². The Morgan fingerprint density at radius 1 is 0.312 bits per heavy atom. The highest BCUT2D eigenvalue weighted by atomic mass is 16.3. The molecule has 0 radical (unpaired) electrons. The topological polar surface area (TPSA) is 40.5 Å². The van der Waals surface area contributed by atoms with Crippen LogP contribution < -0.4 is 0 Å². The van der Waals surface area contributed by atoms with Gasteiger partial charge in [0.05, 0.1) is 12.2 Å². The second kappa shape index (κ2) is 27.2. The summed E-state index contributed by atoms with van der Waals surface area (Å²) in [6, 6.07) is 0. The molecule has 2 heteroatoms. The molecule has 0 spiro atoms. The molecule has 0 aliphatic heterocycles. The maximum Gasteiger partial charge on any atom is 0.0540 e. The van der Waals surface area contributed by atoms with Gasteiger partial charge in [-0.2, -0.15) is 0 Å². The van der Waals surface area contributed by atoms with Crippen molar-refractivity contribution < 1.29 is 10.2 Å². The monoisotopic (exact) mass is 454 g/mol. The molecule has 0 aliphatic rings. The quantitative estimate of drug-likeness (QED) is 0.121. The highest BCUT2D eigenvalue weighted by Gasteiger charge is 2.07. The zero-order valence-electron chi connectivity index (χ0n) is 22.4. The number of hydrogen-bond donors (Lipinski definition) is 2. The fourth-order valence-corrected chi connectivity index (χ4v) is 4.78. The zero-order chi connectivity index (χ0) is 23.5. The molecule has 0 aromatic rings. The van der Waals surface area contributed by atoms with Crippen molar-refractivity contribution in [2.24, 2.45) is 0 Å².